The van der Waals surface area contributed by atoms with Crippen molar-refractivity contribution < 1.29 is 15.0 Å². The van der Waals surface area contributed by atoms with Crippen LogP contribution in [0.3, 0.4) is 0 Å². The number of nitrogens with one attached hydrogen (secondary N) is 1. The number of anilines is 1. The Hall–Kier alpha value is -2.39. The van der Waals surface area contributed by atoms with Crippen molar-refractivity contribution in [3.05, 3.63) is 78.6 Å². The smallest absolute Gasteiger partial charge is 0.246 e. The summed E-state index contributed by atoms with van der Waals surface area (Å²) in [5, 5.41) is 23.8. The summed E-state index contributed by atoms with van der Waals surface area (Å²) in [6.45, 7) is -0.177. The number of halogens is 4. The lowest BCUT2D eigenvalue weighted by molar-refractivity contribution is -0.114. The summed E-state index contributed by atoms with van der Waals surface area (Å²) in [7, 11) is 0. The first-order valence-corrected chi connectivity index (χ1v) is 11.4. The van der Waals surface area contributed by atoms with E-state index in [0.717, 1.165) is 0 Å². The van der Waals surface area contributed by atoms with Crippen molar-refractivity contribution in [2.75, 3.05) is 11.9 Å². The Morgan fingerprint density at radius 2 is 1.50 bits per heavy atom. The van der Waals surface area contributed by atoms with Crippen molar-refractivity contribution in [2.45, 2.75) is 0 Å². The number of aromatic hydroxyl groups is 2. The topological polar surface area (TPSA) is 94.3 Å². The first-order valence-electron chi connectivity index (χ1n) is 9.03. The zero-order valence-electron chi connectivity index (χ0n) is 16.2. The van der Waals surface area contributed by atoms with Gasteiger partial charge in [-0.15, -0.1) is 0 Å². The minimum Gasteiger partial charge on any atom is -0.506 e. The molecule has 3 aromatic rings. The number of para-hydroxylation sites is 2. The maximum Gasteiger partial charge on any atom is 0.246 e. The first kappa shape index (κ1) is 24.3. The van der Waals surface area contributed by atoms with Gasteiger partial charge < -0.3 is 15.5 Å². The SMILES string of the molecule is O=C(CN=Cc1cc(Cl)cc(Br)c1O)Nc1ccccc1N=Cc1cc(Cl)cc(Br)c1O. The summed E-state index contributed by atoms with van der Waals surface area (Å²) in [5.74, 6) is -0.392. The van der Waals surface area contributed by atoms with Crippen LogP contribution in [0.15, 0.2) is 67.5 Å². The van der Waals surface area contributed by atoms with Crippen LogP contribution in [0, 0.1) is 0 Å². The molecule has 0 radical (unpaired) electrons. The highest BCUT2D eigenvalue weighted by atomic mass is 79.9. The van der Waals surface area contributed by atoms with E-state index in [0.29, 0.717) is 41.5 Å². The van der Waals surface area contributed by atoms with Gasteiger partial charge in [-0.3, -0.25) is 14.8 Å². The number of phenolic OH excluding ortho intramolecular Hbond substituents is 2. The quantitative estimate of drug-likeness (QED) is 0.274. The lowest BCUT2D eigenvalue weighted by atomic mass is 10.2. The van der Waals surface area contributed by atoms with Crippen LogP contribution in [-0.2, 0) is 4.79 Å². The van der Waals surface area contributed by atoms with Gasteiger partial charge in [0.1, 0.15) is 18.0 Å². The monoisotopic (exact) mass is 597 g/mol. The molecule has 6 nitrogen and oxygen atoms in total. The molecule has 0 unspecified atom stereocenters. The van der Waals surface area contributed by atoms with Gasteiger partial charge >= 0.3 is 0 Å². The lowest BCUT2D eigenvalue weighted by Crippen LogP contribution is -2.15. The minimum atomic E-state index is -0.377. The molecule has 0 spiro atoms. The van der Waals surface area contributed by atoms with Crippen LogP contribution in [0.5, 0.6) is 11.5 Å². The van der Waals surface area contributed by atoms with Crippen LogP contribution in [0.25, 0.3) is 0 Å². The van der Waals surface area contributed by atoms with Gasteiger partial charge in [-0.1, -0.05) is 35.3 Å². The maximum absolute atomic E-state index is 12.4. The second-order valence-corrected chi connectivity index (χ2v) is 9.03. The second-order valence-electron chi connectivity index (χ2n) is 6.44. The van der Waals surface area contributed by atoms with E-state index in [9.17, 15) is 15.0 Å². The average molecular weight is 600 g/mol. The van der Waals surface area contributed by atoms with Crippen molar-refractivity contribution in [1.82, 2.24) is 0 Å². The van der Waals surface area contributed by atoms with Crippen LogP contribution in [0.4, 0.5) is 11.4 Å². The van der Waals surface area contributed by atoms with E-state index < -0.39 is 0 Å². The van der Waals surface area contributed by atoms with Crippen LogP contribution < -0.4 is 5.32 Å². The van der Waals surface area contributed by atoms with Gasteiger partial charge in [0, 0.05) is 33.6 Å². The van der Waals surface area contributed by atoms with E-state index in [4.69, 9.17) is 23.2 Å². The third-order valence-electron chi connectivity index (χ3n) is 4.10. The molecular weight excluding hydrogens is 585 g/mol. The van der Waals surface area contributed by atoms with Crippen LogP contribution >= 0.6 is 55.1 Å². The first-order chi connectivity index (χ1) is 15.2. The highest BCUT2D eigenvalue weighted by Gasteiger charge is 2.09. The molecule has 164 valence electrons. The predicted molar refractivity (Wildman–Crippen MR) is 136 cm³/mol. The van der Waals surface area contributed by atoms with E-state index >= 15 is 0 Å². The number of hydrogen-bond acceptors (Lipinski definition) is 5. The highest BCUT2D eigenvalue weighted by molar-refractivity contribution is 9.10. The van der Waals surface area contributed by atoms with Gasteiger partial charge in [-0.05, 0) is 68.3 Å². The lowest BCUT2D eigenvalue weighted by Gasteiger charge is -2.07. The Labute approximate surface area is 210 Å². The normalized spacial score (nSPS) is 11.4. The third-order valence-corrected chi connectivity index (χ3v) is 5.75. The van der Waals surface area contributed by atoms with Crippen molar-refractivity contribution in [3.8, 4) is 11.5 Å². The Balaban J connectivity index is 1.72. The molecule has 3 rings (SSSR count). The van der Waals surface area contributed by atoms with Gasteiger partial charge in [0.2, 0.25) is 5.91 Å². The molecule has 0 saturated carbocycles. The van der Waals surface area contributed by atoms with Crippen LogP contribution in [0.2, 0.25) is 10.0 Å². The molecule has 0 aromatic heterocycles. The number of aliphatic imine (C=N–C) groups is 2. The van der Waals surface area contributed by atoms with E-state index in [1.165, 1.54) is 18.5 Å². The molecule has 3 N–H and O–H groups in total. The van der Waals surface area contributed by atoms with E-state index in [1.807, 2.05) is 0 Å². The molecule has 0 aliphatic rings. The molecule has 0 saturated heterocycles. The Morgan fingerprint density at radius 3 is 2.12 bits per heavy atom. The highest BCUT2D eigenvalue weighted by Crippen LogP contribution is 2.32. The molecule has 0 atom stereocenters. The van der Waals surface area contributed by atoms with Crippen molar-refractivity contribution in [1.29, 1.82) is 0 Å². The molecule has 3 aromatic carbocycles. The Morgan fingerprint density at radius 1 is 0.938 bits per heavy atom. The summed E-state index contributed by atoms with van der Waals surface area (Å²) in [5.41, 5.74) is 1.76. The summed E-state index contributed by atoms with van der Waals surface area (Å²) >= 11 is 18.4. The number of benzene rings is 3. The largest absolute Gasteiger partial charge is 0.506 e. The number of carbonyl (C=O) groups is 1. The Kier molecular flexibility index (Phi) is 8.31. The third kappa shape index (κ3) is 6.32. The number of phenols is 2. The van der Waals surface area contributed by atoms with E-state index in [-0.39, 0.29) is 24.0 Å². The number of nitrogens with zero attached hydrogens (tertiary/aromatic N) is 2. The van der Waals surface area contributed by atoms with Crippen LogP contribution in [-0.4, -0.2) is 35.1 Å². The molecule has 32 heavy (non-hydrogen) atoms. The molecule has 0 aliphatic carbocycles. The van der Waals surface area contributed by atoms with Crippen molar-refractivity contribution in [3.63, 3.8) is 0 Å². The molecule has 0 heterocycles. The number of hydrogen-bond donors (Lipinski definition) is 3. The van der Waals surface area contributed by atoms with Crippen LogP contribution in [0.1, 0.15) is 11.1 Å². The Bertz CT molecular complexity index is 1230. The molecular formula is C22H15Br2Cl2N3O3. The molecule has 0 aliphatic heterocycles. The van der Waals surface area contributed by atoms with E-state index in [2.05, 4.69) is 47.2 Å². The van der Waals surface area contributed by atoms with Gasteiger partial charge in [0.15, 0.2) is 0 Å². The maximum atomic E-state index is 12.4. The van der Waals surface area contributed by atoms with E-state index in [1.54, 1.807) is 42.5 Å². The zero-order valence-corrected chi connectivity index (χ0v) is 20.9. The van der Waals surface area contributed by atoms with Gasteiger partial charge in [-0.2, -0.15) is 0 Å². The average Bonchev–Trinajstić information content (AvgIpc) is 2.74. The fraction of sp³-hybridized carbons (Fsp3) is 0.0455. The van der Waals surface area contributed by atoms with Gasteiger partial charge in [0.25, 0.3) is 0 Å². The van der Waals surface area contributed by atoms with Crippen molar-refractivity contribution >= 4 is 84.8 Å². The summed E-state index contributed by atoms with van der Waals surface area (Å²) in [6, 6.07) is 13.2. The predicted octanol–water partition coefficient (Wildman–Crippen LogP) is 6.74. The number of carbonyl (C=O) groups excluding carboxylic acids is 1. The zero-order chi connectivity index (χ0) is 23.3. The number of amides is 1. The van der Waals surface area contributed by atoms with Crippen molar-refractivity contribution in [2.24, 2.45) is 9.98 Å². The summed E-state index contributed by atoms with van der Waals surface area (Å²) in [4.78, 5) is 20.8. The molecule has 0 bridgehead atoms. The second kappa shape index (κ2) is 11.0. The van der Waals surface area contributed by atoms with Gasteiger partial charge in [-0.25, -0.2) is 0 Å². The fourth-order valence-electron chi connectivity index (χ4n) is 2.62. The number of rotatable bonds is 6. The minimum absolute atomic E-state index is 0.00455. The molecule has 1 amide bonds. The summed E-state index contributed by atoms with van der Waals surface area (Å²) < 4.78 is 0.879. The fourth-order valence-corrected chi connectivity index (χ4v) is 4.28. The van der Waals surface area contributed by atoms with Gasteiger partial charge in [0.05, 0.1) is 20.3 Å². The standard InChI is InChI=1S/C22H15Br2Cl2N3O3/c23-16-7-14(25)5-12(21(16)31)9-27-11-20(30)29-19-4-2-1-3-18(19)28-10-13-6-15(26)8-17(24)22(13)32/h1-10,31-32H,11H2,(H,29,30). The summed E-state index contributed by atoms with van der Waals surface area (Å²) in [6.07, 6.45) is 2.82. The molecule has 10 heteroatoms. The molecule has 0 fully saturated rings.